The molecule has 0 spiro atoms. The summed E-state index contributed by atoms with van der Waals surface area (Å²) in [5.74, 6) is -0.0921. The molecule has 0 bridgehead atoms. The largest absolute Gasteiger partial charge is 0.348 e. The van der Waals surface area contributed by atoms with Crippen LogP contribution in [-0.4, -0.2) is 21.7 Å². The minimum absolute atomic E-state index is 0.0340. The van der Waals surface area contributed by atoms with Crippen LogP contribution in [0, 0.1) is 0 Å². The van der Waals surface area contributed by atoms with E-state index in [1.807, 2.05) is 48.3 Å². The molecule has 0 fully saturated rings. The Hall–Kier alpha value is -2.14. The molecule has 1 aromatic heterocycles. The van der Waals surface area contributed by atoms with Crippen molar-refractivity contribution < 1.29 is 4.79 Å². The molecule has 2 unspecified atom stereocenters. The molecule has 22 heavy (non-hydrogen) atoms. The average molecular weight is 298 g/mol. The standard InChI is InChI=1S/C17H22N4O/c1-21-16-9-5-8-15(13(16)11-19-21)20-17(22)14(18)10-12-6-3-2-4-7-12/h2-4,6-7,11,14-15H,5,8-10,18H2,1H3,(H,20,22). The molecule has 5 nitrogen and oxygen atoms in total. The average Bonchev–Trinajstić information content (AvgIpc) is 2.91. The number of nitrogens with one attached hydrogen (secondary N) is 1. The SMILES string of the molecule is Cn1ncc2c1CCCC2NC(=O)C(N)Cc1ccccc1. The van der Waals surface area contributed by atoms with E-state index >= 15 is 0 Å². The van der Waals surface area contributed by atoms with Crippen LogP contribution in [0.3, 0.4) is 0 Å². The van der Waals surface area contributed by atoms with Crippen molar-refractivity contribution in [3.63, 3.8) is 0 Å². The monoisotopic (exact) mass is 298 g/mol. The Balaban J connectivity index is 1.65. The van der Waals surface area contributed by atoms with E-state index in [0.29, 0.717) is 6.42 Å². The molecule has 1 amide bonds. The van der Waals surface area contributed by atoms with Gasteiger partial charge in [0.1, 0.15) is 0 Å². The van der Waals surface area contributed by atoms with Gasteiger partial charge in [0.05, 0.1) is 18.3 Å². The molecule has 0 saturated carbocycles. The number of nitrogens with zero attached hydrogens (tertiary/aromatic N) is 2. The highest BCUT2D eigenvalue weighted by Crippen LogP contribution is 2.29. The molecule has 3 rings (SSSR count). The molecule has 116 valence electrons. The van der Waals surface area contributed by atoms with Gasteiger partial charge in [0, 0.05) is 18.3 Å². The van der Waals surface area contributed by atoms with E-state index in [4.69, 9.17) is 5.73 Å². The van der Waals surface area contributed by atoms with Gasteiger partial charge in [-0.25, -0.2) is 0 Å². The van der Waals surface area contributed by atoms with Crippen LogP contribution < -0.4 is 11.1 Å². The molecule has 0 aliphatic heterocycles. The summed E-state index contributed by atoms with van der Waals surface area (Å²) < 4.78 is 1.90. The molecular formula is C17H22N4O. The van der Waals surface area contributed by atoms with Crippen LogP contribution in [0.15, 0.2) is 36.5 Å². The Morgan fingerprint density at radius 1 is 1.45 bits per heavy atom. The Morgan fingerprint density at radius 2 is 2.23 bits per heavy atom. The van der Waals surface area contributed by atoms with Gasteiger partial charge in [0.2, 0.25) is 5.91 Å². The number of hydrogen-bond donors (Lipinski definition) is 2. The zero-order valence-electron chi connectivity index (χ0n) is 12.8. The highest BCUT2D eigenvalue weighted by Gasteiger charge is 2.26. The second-order valence-corrected chi connectivity index (χ2v) is 5.92. The summed E-state index contributed by atoms with van der Waals surface area (Å²) in [5, 5.41) is 7.39. The number of carbonyl (C=O) groups is 1. The molecule has 2 aromatic rings. The van der Waals surface area contributed by atoms with Gasteiger partial charge < -0.3 is 11.1 Å². The lowest BCUT2D eigenvalue weighted by atomic mass is 9.92. The van der Waals surface area contributed by atoms with Crippen molar-refractivity contribution in [1.82, 2.24) is 15.1 Å². The van der Waals surface area contributed by atoms with Crippen LogP contribution in [0.1, 0.15) is 35.7 Å². The second-order valence-electron chi connectivity index (χ2n) is 5.92. The highest BCUT2D eigenvalue weighted by molar-refractivity contribution is 5.82. The van der Waals surface area contributed by atoms with E-state index in [1.54, 1.807) is 0 Å². The molecular weight excluding hydrogens is 276 g/mol. The summed E-state index contributed by atoms with van der Waals surface area (Å²) in [6.07, 6.45) is 5.45. The van der Waals surface area contributed by atoms with Crippen molar-refractivity contribution in [2.24, 2.45) is 12.8 Å². The number of benzene rings is 1. The number of nitrogens with two attached hydrogens (primary N) is 1. The first kappa shape index (κ1) is 14.8. The lowest BCUT2D eigenvalue weighted by molar-refractivity contribution is -0.123. The predicted molar refractivity (Wildman–Crippen MR) is 85.2 cm³/mol. The van der Waals surface area contributed by atoms with E-state index in [0.717, 1.165) is 30.4 Å². The van der Waals surface area contributed by atoms with Crippen LogP contribution in [0.2, 0.25) is 0 Å². The van der Waals surface area contributed by atoms with Crippen LogP contribution in [0.25, 0.3) is 0 Å². The molecule has 1 aliphatic rings. The second kappa shape index (κ2) is 6.32. The van der Waals surface area contributed by atoms with E-state index in [1.165, 1.54) is 5.69 Å². The van der Waals surface area contributed by atoms with Crippen molar-refractivity contribution in [2.45, 2.75) is 37.8 Å². The molecule has 1 aromatic carbocycles. The summed E-state index contributed by atoms with van der Waals surface area (Å²) in [6, 6.07) is 9.38. The molecule has 1 heterocycles. The Bertz CT molecular complexity index is 650. The van der Waals surface area contributed by atoms with Gasteiger partial charge >= 0.3 is 0 Å². The summed E-state index contributed by atoms with van der Waals surface area (Å²) in [7, 11) is 1.95. The minimum atomic E-state index is -0.524. The fourth-order valence-electron chi connectivity index (χ4n) is 3.10. The van der Waals surface area contributed by atoms with Gasteiger partial charge in [0.25, 0.3) is 0 Å². The molecule has 3 N–H and O–H groups in total. The first-order chi connectivity index (χ1) is 10.6. The number of amides is 1. The van der Waals surface area contributed by atoms with Crippen LogP contribution in [-0.2, 0) is 24.7 Å². The number of hydrogen-bond acceptors (Lipinski definition) is 3. The lowest BCUT2D eigenvalue weighted by Crippen LogP contribution is -2.44. The Kier molecular flexibility index (Phi) is 4.24. The van der Waals surface area contributed by atoms with Crippen LogP contribution in [0.4, 0.5) is 0 Å². The van der Waals surface area contributed by atoms with Gasteiger partial charge in [-0.15, -0.1) is 0 Å². The fraction of sp³-hybridized carbons (Fsp3) is 0.412. The Labute approximate surface area is 130 Å². The third-order valence-corrected chi connectivity index (χ3v) is 4.33. The topological polar surface area (TPSA) is 72.9 Å². The number of aromatic nitrogens is 2. The van der Waals surface area contributed by atoms with E-state index < -0.39 is 6.04 Å². The highest BCUT2D eigenvalue weighted by atomic mass is 16.2. The third kappa shape index (κ3) is 3.04. The zero-order valence-corrected chi connectivity index (χ0v) is 12.8. The van der Waals surface area contributed by atoms with E-state index in [2.05, 4.69) is 10.4 Å². The zero-order chi connectivity index (χ0) is 15.5. The van der Waals surface area contributed by atoms with Crippen molar-refractivity contribution in [2.75, 3.05) is 0 Å². The molecule has 0 radical (unpaired) electrons. The maximum atomic E-state index is 12.4. The van der Waals surface area contributed by atoms with Crippen LogP contribution in [0.5, 0.6) is 0 Å². The predicted octanol–water partition coefficient (Wildman–Crippen LogP) is 1.48. The van der Waals surface area contributed by atoms with Crippen LogP contribution >= 0.6 is 0 Å². The number of rotatable bonds is 4. The maximum absolute atomic E-state index is 12.4. The van der Waals surface area contributed by atoms with Gasteiger partial charge in [-0.3, -0.25) is 9.48 Å². The van der Waals surface area contributed by atoms with E-state index in [9.17, 15) is 4.79 Å². The molecule has 1 aliphatic carbocycles. The normalized spacial score (nSPS) is 18.5. The molecule has 5 heteroatoms. The molecule has 0 saturated heterocycles. The summed E-state index contributed by atoms with van der Waals surface area (Å²) in [6.45, 7) is 0. The smallest absolute Gasteiger partial charge is 0.237 e. The van der Waals surface area contributed by atoms with Crippen molar-refractivity contribution in [1.29, 1.82) is 0 Å². The van der Waals surface area contributed by atoms with Crippen molar-refractivity contribution in [3.05, 3.63) is 53.3 Å². The van der Waals surface area contributed by atoms with Gasteiger partial charge in [-0.05, 0) is 31.2 Å². The quantitative estimate of drug-likeness (QED) is 0.898. The number of carbonyl (C=O) groups excluding carboxylic acids is 1. The van der Waals surface area contributed by atoms with Crippen molar-refractivity contribution in [3.8, 4) is 0 Å². The summed E-state index contributed by atoms with van der Waals surface area (Å²) in [4.78, 5) is 12.4. The number of aryl methyl sites for hydroxylation is 1. The van der Waals surface area contributed by atoms with Gasteiger partial charge in [-0.2, -0.15) is 5.10 Å². The third-order valence-electron chi connectivity index (χ3n) is 4.33. The van der Waals surface area contributed by atoms with E-state index in [-0.39, 0.29) is 11.9 Å². The minimum Gasteiger partial charge on any atom is -0.348 e. The summed E-state index contributed by atoms with van der Waals surface area (Å²) >= 11 is 0. The fourth-order valence-corrected chi connectivity index (χ4v) is 3.10. The first-order valence-corrected chi connectivity index (χ1v) is 7.76. The number of fused-ring (bicyclic) bond motifs is 1. The van der Waals surface area contributed by atoms with Gasteiger partial charge in [0.15, 0.2) is 0 Å². The maximum Gasteiger partial charge on any atom is 0.237 e. The molecule has 2 atom stereocenters. The Morgan fingerprint density at radius 3 is 3.00 bits per heavy atom. The van der Waals surface area contributed by atoms with Crippen molar-refractivity contribution >= 4 is 5.91 Å². The lowest BCUT2D eigenvalue weighted by Gasteiger charge is -2.25. The summed E-state index contributed by atoms with van der Waals surface area (Å²) in [5.41, 5.74) is 9.49. The van der Waals surface area contributed by atoms with Gasteiger partial charge in [-0.1, -0.05) is 30.3 Å². The first-order valence-electron chi connectivity index (χ1n) is 7.76.